The molecule has 6 nitrogen and oxygen atoms in total. The van der Waals surface area contributed by atoms with Crippen molar-refractivity contribution in [2.24, 2.45) is 0 Å². The van der Waals surface area contributed by atoms with Crippen molar-refractivity contribution in [2.45, 2.75) is 6.92 Å². The zero-order valence-electron chi connectivity index (χ0n) is 16.3. The number of hydrogen-bond donors (Lipinski definition) is 2. The van der Waals surface area contributed by atoms with E-state index >= 15 is 0 Å². The third-order valence-electron chi connectivity index (χ3n) is 5.42. The molecule has 0 aliphatic heterocycles. The quantitative estimate of drug-likeness (QED) is 0.378. The molecular weight excluding hydrogens is 411 g/mol. The Labute approximate surface area is 179 Å². The predicted octanol–water partition coefficient (Wildman–Crippen LogP) is 5.74. The molecular formula is C23H15FN6S. The van der Waals surface area contributed by atoms with E-state index in [2.05, 4.69) is 41.6 Å². The Kier molecular flexibility index (Phi) is 3.94. The summed E-state index contributed by atoms with van der Waals surface area (Å²) in [6, 6.07) is 9.34. The smallest absolute Gasteiger partial charge is 0.178 e. The van der Waals surface area contributed by atoms with Gasteiger partial charge in [0.1, 0.15) is 11.2 Å². The highest BCUT2D eigenvalue weighted by atomic mass is 32.1. The number of imidazole rings is 1. The summed E-state index contributed by atoms with van der Waals surface area (Å²) in [5.41, 5.74) is 7.08. The standard InChI is InChI=1S/C23H15FN6S/c1-12-2-5-25-10-17(12)14-8-16-19(18(24)9-14)29-30-21(16)23-27-20-15(13-4-7-31-11-13)3-6-26-22(20)28-23/h2-11H,1H3,(H,29,30)(H,26,27,28). The summed E-state index contributed by atoms with van der Waals surface area (Å²) in [4.78, 5) is 16.6. The summed E-state index contributed by atoms with van der Waals surface area (Å²) in [6.45, 7) is 1.98. The highest BCUT2D eigenvalue weighted by Gasteiger charge is 2.18. The first-order valence-electron chi connectivity index (χ1n) is 9.65. The molecule has 0 fully saturated rings. The molecule has 6 aromatic rings. The van der Waals surface area contributed by atoms with E-state index in [1.807, 2.05) is 30.5 Å². The molecule has 0 amide bonds. The fourth-order valence-corrected chi connectivity index (χ4v) is 4.52. The average molecular weight is 426 g/mol. The number of aryl methyl sites for hydroxylation is 1. The summed E-state index contributed by atoms with van der Waals surface area (Å²) in [7, 11) is 0. The van der Waals surface area contributed by atoms with Crippen molar-refractivity contribution in [3.63, 3.8) is 0 Å². The van der Waals surface area contributed by atoms with Crippen molar-refractivity contribution in [3.8, 4) is 33.8 Å². The van der Waals surface area contributed by atoms with Gasteiger partial charge in [-0.2, -0.15) is 16.4 Å². The lowest BCUT2D eigenvalue weighted by atomic mass is 10.0. The van der Waals surface area contributed by atoms with E-state index < -0.39 is 5.82 Å². The van der Waals surface area contributed by atoms with Crippen LogP contribution in [0.25, 0.3) is 55.8 Å². The monoisotopic (exact) mass is 426 g/mol. The normalized spacial score (nSPS) is 11.5. The van der Waals surface area contributed by atoms with Gasteiger partial charge in [0.15, 0.2) is 17.3 Å². The lowest BCUT2D eigenvalue weighted by molar-refractivity contribution is 0.636. The van der Waals surface area contributed by atoms with Gasteiger partial charge in [0.25, 0.3) is 0 Å². The van der Waals surface area contributed by atoms with Gasteiger partial charge < -0.3 is 4.98 Å². The fraction of sp³-hybridized carbons (Fsp3) is 0.0435. The van der Waals surface area contributed by atoms with Crippen LogP contribution < -0.4 is 0 Å². The van der Waals surface area contributed by atoms with E-state index in [4.69, 9.17) is 0 Å². The molecule has 5 heterocycles. The minimum absolute atomic E-state index is 0.270. The van der Waals surface area contributed by atoms with Crippen molar-refractivity contribution >= 4 is 33.4 Å². The number of benzene rings is 1. The van der Waals surface area contributed by atoms with Gasteiger partial charge in [-0.3, -0.25) is 10.1 Å². The molecule has 6 rings (SSSR count). The number of thiophene rings is 1. The lowest BCUT2D eigenvalue weighted by Crippen LogP contribution is -1.88. The number of nitrogens with one attached hydrogen (secondary N) is 2. The van der Waals surface area contributed by atoms with Gasteiger partial charge in [-0.05, 0) is 64.7 Å². The Hall–Kier alpha value is -3.91. The first-order valence-corrected chi connectivity index (χ1v) is 10.6. The van der Waals surface area contributed by atoms with E-state index in [-0.39, 0.29) is 5.52 Å². The lowest BCUT2D eigenvalue weighted by Gasteiger charge is -2.06. The van der Waals surface area contributed by atoms with Gasteiger partial charge in [-0.1, -0.05) is 0 Å². The number of H-pyrrole nitrogens is 2. The van der Waals surface area contributed by atoms with Crippen LogP contribution in [0.4, 0.5) is 4.39 Å². The second-order valence-electron chi connectivity index (χ2n) is 7.30. The second kappa shape index (κ2) is 6.82. The Morgan fingerprint density at radius 3 is 2.81 bits per heavy atom. The summed E-state index contributed by atoms with van der Waals surface area (Å²) in [6.07, 6.45) is 5.21. The first-order chi connectivity index (χ1) is 15.2. The Bertz CT molecular complexity index is 1560. The summed E-state index contributed by atoms with van der Waals surface area (Å²) < 4.78 is 14.9. The number of aromatic nitrogens is 6. The number of fused-ring (bicyclic) bond motifs is 2. The molecule has 0 saturated heterocycles. The van der Waals surface area contributed by atoms with E-state index in [1.54, 1.807) is 29.9 Å². The average Bonchev–Trinajstić information content (AvgIpc) is 3.52. The molecule has 31 heavy (non-hydrogen) atoms. The molecule has 8 heteroatoms. The molecule has 150 valence electrons. The predicted molar refractivity (Wildman–Crippen MR) is 120 cm³/mol. The summed E-state index contributed by atoms with van der Waals surface area (Å²) in [5.74, 6) is 0.165. The van der Waals surface area contributed by atoms with E-state index in [0.717, 1.165) is 33.3 Å². The van der Waals surface area contributed by atoms with Crippen molar-refractivity contribution in [1.29, 1.82) is 0 Å². The molecule has 0 spiro atoms. The molecule has 0 saturated carbocycles. The van der Waals surface area contributed by atoms with Crippen molar-refractivity contribution < 1.29 is 4.39 Å². The minimum atomic E-state index is -0.397. The molecule has 0 atom stereocenters. The summed E-state index contributed by atoms with van der Waals surface area (Å²) >= 11 is 1.63. The minimum Gasteiger partial charge on any atom is -0.335 e. The van der Waals surface area contributed by atoms with E-state index in [0.29, 0.717) is 22.6 Å². The van der Waals surface area contributed by atoms with Crippen LogP contribution in [0.15, 0.2) is 59.7 Å². The van der Waals surface area contributed by atoms with Gasteiger partial charge in [-0.15, -0.1) is 0 Å². The molecule has 0 unspecified atom stereocenters. The fourth-order valence-electron chi connectivity index (χ4n) is 3.87. The zero-order valence-corrected chi connectivity index (χ0v) is 17.2. The SMILES string of the molecule is Cc1ccncc1-c1cc(F)c2n[nH]c(-c3nc4nccc(-c5ccsc5)c4[nH]3)c2c1. The van der Waals surface area contributed by atoms with Crippen molar-refractivity contribution in [1.82, 2.24) is 30.1 Å². The third kappa shape index (κ3) is 2.83. The van der Waals surface area contributed by atoms with Crippen LogP contribution in [0.5, 0.6) is 0 Å². The molecule has 1 aromatic carbocycles. The van der Waals surface area contributed by atoms with Crippen LogP contribution in [0, 0.1) is 12.7 Å². The van der Waals surface area contributed by atoms with Crippen LogP contribution in [-0.2, 0) is 0 Å². The number of halogens is 1. The Morgan fingerprint density at radius 2 is 1.97 bits per heavy atom. The van der Waals surface area contributed by atoms with Crippen LogP contribution in [0.1, 0.15) is 5.56 Å². The third-order valence-corrected chi connectivity index (χ3v) is 6.11. The van der Waals surface area contributed by atoms with Crippen LogP contribution >= 0.6 is 11.3 Å². The van der Waals surface area contributed by atoms with Gasteiger partial charge >= 0.3 is 0 Å². The number of nitrogens with zero attached hydrogens (tertiary/aromatic N) is 4. The molecule has 0 bridgehead atoms. The maximum absolute atomic E-state index is 14.9. The molecule has 2 N–H and O–H groups in total. The van der Waals surface area contributed by atoms with E-state index in [9.17, 15) is 4.39 Å². The molecule has 0 aliphatic rings. The highest BCUT2D eigenvalue weighted by molar-refractivity contribution is 7.08. The van der Waals surface area contributed by atoms with Gasteiger partial charge in [0.2, 0.25) is 0 Å². The maximum atomic E-state index is 14.9. The number of hydrogen-bond acceptors (Lipinski definition) is 5. The Morgan fingerprint density at radius 1 is 1.03 bits per heavy atom. The largest absolute Gasteiger partial charge is 0.335 e. The topological polar surface area (TPSA) is 83.1 Å². The maximum Gasteiger partial charge on any atom is 0.178 e. The zero-order chi connectivity index (χ0) is 20.9. The molecule has 0 radical (unpaired) electrons. The second-order valence-corrected chi connectivity index (χ2v) is 8.08. The van der Waals surface area contributed by atoms with Crippen LogP contribution in [0.2, 0.25) is 0 Å². The van der Waals surface area contributed by atoms with Crippen molar-refractivity contribution in [3.05, 3.63) is 71.1 Å². The van der Waals surface area contributed by atoms with Gasteiger partial charge in [0.05, 0.1) is 5.52 Å². The van der Waals surface area contributed by atoms with E-state index in [1.165, 1.54) is 6.07 Å². The molecule has 5 aromatic heterocycles. The van der Waals surface area contributed by atoms with Gasteiger partial charge in [0, 0.05) is 35.1 Å². The number of aromatic amines is 2. The summed E-state index contributed by atoms with van der Waals surface area (Å²) in [5, 5.41) is 11.9. The number of rotatable bonds is 3. The van der Waals surface area contributed by atoms with Crippen LogP contribution in [-0.4, -0.2) is 30.1 Å². The van der Waals surface area contributed by atoms with Gasteiger partial charge in [-0.25, -0.2) is 14.4 Å². The Balaban J connectivity index is 1.56. The first kappa shape index (κ1) is 17.9. The van der Waals surface area contributed by atoms with Crippen molar-refractivity contribution in [2.75, 3.05) is 0 Å². The highest BCUT2D eigenvalue weighted by Crippen LogP contribution is 2.34. The number of pyridine rings is 2. The molecule has 0 aliphatic carbocycles. The van der Waals surface area contributed by atoms with Crippen LogP contribution in [0.3, 0.4) is 0 Å².